The largest absolute Gasteiger partial charge is 0.465 e. The quantitative estimate of drug-likeness (QED) is 0.263. The highest BCUT2D eigenvalue weighted by Gasteiger charge is 2.29. The fourth-order valence-corrected chi connectivity index (χ4v) is 6.26. The molecule has 2 heterocycles. The first-order chi connectivity index (χ1) is 19.0. The second-order valence-corrected chi connectivity index (χ2v) is 10.7. The van der Waals surface area contributed by atoms with E-state index in [0.717, 1.165) is 60.0 Å². The minimum Gasteiger partial charge on any atom is -0.465 e. The van der Waals surface area contributed by atoms with Crippen molar-refractivity contribution in [3.05, 3.63) is 70.1 Å². The number of amides is 1. The number of aromatic nitrogens is 2. The molecular formula is C30H31N3O5S. The predicted molar refractivity (Wildman–Crippen MR) is 151 cm³/mol. The standard InChI is InChI=1S/C30H31N3O5S/c1-3-23(27(34)33-28-25(30(36)37-2)20-14-6-4-5-7-17-24(20)39-28)38-29(35)19-13-9-8-12-18(19)26-31-21-15-10-11-16-22(21)32-26/h8-13,15-16,23H,3-7,14,17H2,1-2H3,(H,31,32)(H,33,34). The number of fused-ring (bicyclic) bond motifs is 2. The third kappa shape index (κ3) is 5.59. The number of anilines is 1. The Hall–Kier alpha value is -3.98. The van der Waals surface area contributed by atoms with Crippen LogP contribution in [0.2, 0.25) is 0 Å². The van der Waals surface area contributed by atoms with Crippen LogP contribution >= 0.6 is 11.3 Å². The maximum Gasteiger partial charge on any atom is 0.341 e. The molecule has 2 N–H and O–H groups in total. The van der Waals surface area contributed by atoms with Gasteiger partial charge in [-0.05, 0) is 55.9 Å². The first-order valence-corrected chi connectivity index (χ1v) is 14.1. The Balaban J connectivity index is 1.38. The van der Waals surface area contributed by atoms with Crippen LogP contribution in [0.15, 0.2) is 48.5 Å². The Bertz CT molecular complexity index is 1490. The van der Waals surface area contributed by atoms with Crippen molar-refractivity contribution in [2.24, 2.45) is 0 Å². The van der Waals surface area contributed by atoms with E-state index in [1.54, 1.807) is 25.1 Å². The number of H-pyrrole nitrogens is 1. The molecule has 39 heavy (non-hydrogen) atoms. The van der Waals surface area contributed by atoms with E-state index < -0.39 is 23.9 Å². The van der Waals surface area contributed by atoms with E-state index in [-0.39, 0.29) is 6.42 Å². The minimum absolute atomic E-state index is 0.267. The Morgan fingerprint density at radius 2 is 1.74 bits per heavy atom. The highest BCUT2D eigenvalue weighted by atomic mass is 32.1. The Morgan fingerprint density at radius 3 is 2.51 bits per heavy atom. The average Bonchev–Trinajstić information content (AvgIpc) is 3.52. The number of nitrogens with zero attached hydrogens (tertiary/aromatic N) is 1. The van der Waals surface area contributed by atoms with Gasteiger partial charge in [-0.1, -0.05) is 50.1 Å². The van der Waals surface area contributed by atoms with Gasteiger partial charge in [-0.25, -0.2) is 14.6 Å². The van der Waals surface area contributed by atoms with E-state index in [0.29, 0.717) is 27.5 Å². The van der Waals surface area contributed by atoms with Crippen molar-refractivity contribution < 1.29 is 23.9 Å². The molecule has 0 saturated heterocycles. The van der Waals surface area contributed by atoms with Gasteiger partial charge in [-0.15, -0.1) is 11.3 Å². The van der Waals surface area contributed by atoms with Crippen LogP contribution in [0.4, 0.5) is 5.00 Å². The fourth-order valence-electron chi connectivity index (χ4n) is 4.98. The third-order valence-electron chi connectivity index (χ3n) is 7.00. The first kappa shape index (κ1) is 26.6. The molecule has 0 saturated carbocycles. The van der Waals surface area contributed by atoms with Crippen molar-refractivity contribution in [3.8, 4) is 11.4 Å². The summed E-state index contributed by atoms with van der Waals surface area (Å²) in [6.07, 6.45) is 5.15. The summed E-state index contributed by atoms with van der Waals surface area (Å²) in [6, 6.07) is 14.6. The van der Waals surface area contributed by atoms with E-state index in [1.165, 1.54) is 18.4 Å². The molecule has 1 aliphatic rings. The van der Waals surface area contributed by atoms with Gasteiger partial charge in [0.1, 0.15) is 10.8 Å². The second kappa shape index (κ2) is 11.8. The molecule has 0 aliphatic heterocycles. The fraction of sp³-hybridized carbons (Fsp3) is 0.333. The number of nitrogens with one attached hydrogen (secondary N) is 2. The highest BCUT2D eigenvalue weighted by Crippen LogP contribution is 2.38. The van der Waals surface area contributed by atoms with Crippen molar-refractivity contribution >= 4 is 45.2 Å². The molecule has 2 aromatic carbocycles. The van der Waals surface area contributed by atoms with Gasteiger partial charge < -0.3 is 19.8 Å². The zero-order valence-corrected chi connectivity index (χ0v) is 22.9. The summed E-state index contributed by atoms with van der Waals surface area (Å²) in [5, 5.41) is 3.33. The van der Waals surface area contributed by atoms with Crippen LogP contribution in [0, 0.1) is 0 Å². The van der Waals surface area contributed by atoms with Gasteiger partial charge in [0, 0.05) is 10.4 Å². The molecule has 0 spiro atoms. The van der Waals surface area contributed by atoms with Crippen molar-refractivity contribution in [2.45, 2.75) is 58.0 Å². The Labute approximate surface area is 230 Å². The molecule has 5 rings (SSSR count). The normalized spacial score (nSPS) is 14.1. The van der Waals surface area contributed by atoms with Gasteiger partial charge in [0.15, 0.2) is 6.10 Å². The SMILES string of the molecule is CCC(OC(=O)c1ccccc1-c1nc2ccccc2[nH]1)C(=O)Nc1sc2c(c1C(=O)OC)CCCCCC2. The Morgan fingerprint density at radius 1 is 1.00 bits per heavy atom. The lowest BCUT2D eigenvalue weighted by Crippen LogP contribution is -2.32. The molecule has 8 nitrogen and oxygen atoms in total. The van der Waals surface area contributed by atoms with Crippen molar-refractivity contribution in [2.75, 3.05) is 12.4 Å². The summed E-state index contributed by atoms with van der Waals surface area (Å²) >= 11 is 1.42. The number of thiophene rings is 1. The molecule has 4 aromatic rings. The molecule has 202 valence electrons. The molecule has 1 amide bonds. The lowest BCUT2D eigenvalue weighted by Gasteiger charge is -2.17. The summed E-state index contributed by atoms with van der Waals surface area (Å²) in [7, 11) is 1.34. The molecule has 0 bridgehead atoms. The van der Waals surface area contributed by atoms with Gasteiger partial charge in [0.25, 0.3) is 5.91 Å². The summed E-state index contributed by atoms with van der Waals surface area (Å²) in [5.74, 6) is -1.03. The van der Waals surface area contributed by atoms with Crippen molar-refractivity contribution in [1.29, 1.82) is 0 Å². The van der Waals surface area contributed by atoms with Crippen molar-refractivity contribution in [3.63, 3.8) is 0 Å². The lowest BCUT2D eigenvalue weighted by molar-refractivity contribution is -0.124. The van der Waals surface area contributed by atoms with Gasteiger partial charge >= 0.3 is 11.9 Å². The van der Waals surface area contributed by atoms with Gasteiger partial charge in [-0.3, -0.25) is 4.79 Å². The maximum absolute atomic E-state index is 13.3. The van der Waals surface area contributed by atoms with Crippen LogP contribution < -0.4 is 5.32 Å². The minimum atomic E-state index is -1.04. The number of ether oxygens (including phenoxy) is 2. The number of methoxy groups -OCH3 is 1. The number of para-hydroxylation sites is 2. The monoisotopic (exact) mass is 545 g/mol. The molecule has 0 radical (unpaired) electrons. The lowest BCUT2D eigenvalue weighted by atomic mass is 9.96. The van der Waals surface area contributed by atoms with E-state index in [2.05, 4.69) is 15.3 Å². The number of carbonyl (C=O) groups excluding carboxylic acids is 3. The van der Waals surface area contributed by atoms with Crippen LogP contribution in [0.1, 0.15) is 70.2 Å². The zero-order valence-electron chi connectivity index (χ0n) is 22.0. The summed E-state index contributed by atoms with van der Waals surface area (Å²) in [5.41, 5.74) is 3.91. The molecule has 9 heteroatoms. The van der Waals surface area contributed by atoms with E-state index in [9.17, 15) is 14.4 Å². The number of hydrogen-bond donors (Lipinski definition) is 2. The van der Waals surface area contributed by atoms with Gasteiger partial charge in [-0.2, -0.15) is 0 Å². The maximum atomic E-state index is 13.3. The number of imidazole rings is 1. The van der Waals surface area contributed by atoms with Crippen LogP contribution in [0.5, 0.6) is 0 Å². The molecule has 1 unspecified atom stereocenters. The zero-order chi connectivity index (χ0) is 27.4. The molecule has 1 atom stereocenters. The third-order valence-corrected chi connectivity index (χ3v) is 8.21. The molecule has 1 aliphatic carbocycles. The molecular weight excluding hydrogens is 514 g/mol. The predicted octanol–water partition coefficient (Wildman–Crippen LogP) is 6.31. The number of aromatic amines is 1. The summed E-state index contributed by atoms with van der Waals surface area (Å²) in [6.45, 7) is 1.78. The van der Waals surface area contributed by atoms with Gasteiger partial charge in [0.2, 0.25) is 0 Å². The van der Waals surface area contributed by atoms with Crippen LogP contribution in [0.3, 0.4) is 0 Å². The van der Waals surface area contributed by atoms with Crippen molar-refractivity contribution in [1.82, 2.24) is 9.97 Å². The second-order valence-electron chi connectivity index (χ2n) is 9.55. The highest BCUT2D eigenvalue weighted by molar-refractivity contribution is 7.17. The van der Waals surface area contributed by atoms with Crippen LogP contribution in [-0.4, -0.2) is 41.0 Å². The summed E-state index contributed by atoms with van der Waals surface area (Å²) in [4.78, 5) is 48.4. The number of esters is 2. The van der Waals surface area contributed by atoms with Crippen LogP contribution in [-0.2, 0) is 27.1 Å². The number of benzene rings is 2. The van der Waals surface area contributed by atoms with Gasteiger partial charge in [0.05, 0.1) is 29.3 Å². The number of aryl methyl sites for hydroxylation is 1. The Kier molecular flexibility index (Phi) is 8.07. The molecule has 0 fully saturated rings. The van der Waals surface area contributed by atoms with E-state index in [1.807, 2.05) is 30.3 Å². The first-order valence-electron chi connectivity index (χ1n) is 13.3. The topological polar surface area (TPSA) is 110 Å². The van der Waals surface area contributed by atoms with E-state index in [4.69, 9.17) is 9.47 Å². The smallest absolute Gasteiger partial charge is 0.341 e. The molecule has 2 aromatic heterocycles. The van der Waals surface area contributed by atoms with E-state index >= 15 is 0 Å². The average molecular weight is 546 g/mol. The number of carbonyl (C=O) groups is 3. The number of rotatable bonds is 7. The summed E-state index contributed by atoms with van der Waals surface area (Å²) < 4.78 is 10.8. The number of hydrogen-bond acceptors (Lipinski definition) is 7. The van der Waals surface area contributed by atoms with Crippen LogP contribution in [0.25, 0.3) is 22.4 Å².